The fourth-order valence-electron chi connectivity index (χ4n) is 4.07. The second-order valence-corrected chi connectivity index (χ2v) is 6.34. The van der Waals surface area contributed by atoms with Gasteiger partial charge in [0, 0.05) is 31.7 Å². The number of nitrogens with zero attached hydrogens (tertiary/aromatic N) is 3. The first kappa shape index (κ1) is 12.4. The van der Waals surface area contributed by atoms with Gasteiger partial charge in [-0.05, 0) is 32.2 Å². The second-order valence-electron chi connectivity index (χ2n) is 6.34. The molecular formula is C15H25N3. The van der Waals surface area contributed by atoms with Gasteiger partial charge in [-0.15, -0.1) is 0 Å². The van der Waals surface area contributed by atoms with Crippen LogP contribution in [0.2, 0.25) is 0 Å². The first-order chi connectivity index (χ1) is 8.86. The van der Waals surface area contributed by atoms with Gasteiger partial charge in [-0.1, -0.05) is 19.3 Å². The average Bonchev–Trinajstić information content (AvgIpc) is 3.08. The van der Waals surface area contributed by atoms with E-state index in [-0.39, 0.29) is 0 Å². The Balaban J connectivity index is 1.51. The number of hydrogen-bond acceptors (Lipinski definition) is 3. The Kier molecular flexibility index (Phi) is 3.86. The van der Waals surface area contributed by atoms with E-state index in [0.29, 0.717) is 5.92 Å². The lowest BCUT2D eigenvalue weighted by Gasteiger charge is -2.32. The van der Waals surface area contributed by atoms with E-state index < -0.39 is 0 Å². The van der Waals surface area contributed by atoms with Crippen molar-refractivity contribution in [3.63, 3.8) is 0 Å². The summed E-state index contributed by atoms with van der Waals surface area (Å²) in [5.74, 6) is 0.300. The van der Waals surface area contributed by atoms with Crippen LogP contribution in [0.5, 0.6) is 0 Å². The van der Waals surface area contributed by atoms with E-state index in [9.17, 15) is 0 Å². The van der Waals surface area contributed by atoms with Gasteiger partial charge < -0.3 is 0 Å². The monoisotopic (exact) mass is 247 g/mol. The summed E-state index contributed by atoms with van der Waals surface area (Å²) in [6.07, 6.45) is 9.59. The van der Waals surface area contributed by atoms with Crippen molar-refractivity contribution in [2.24, 2.45) is 5.92 Å². The molecule has 2 atom stereocenters. The molecule has 2 unspecified atom stereocenters. The maximum Gasteiger partial charge on any atom is 0.0669 e. The van der Waals surface area contributed by atoms with Crippen LogP contribution in [0.15, 0.2) is 0 Å². The van der Waals surface area contributed by atoms with Gasteiger partial charge in [-0.3, -0.25) is 9.80 Å². The molecule has 2 aliphatic heterocycles. The van der Waals surface area contributed by atoms with Crippen LogP contribution in [0.3, 0.4) is 0 Å². The van der Waals surface area contributed by atoms with Crippen molar-refractivity contribution >= 4 is 0 Å². The molecule has 0 N–H and O–H groups in total. The van der Waals surface area contributed by atoms with Crippen molar-refractivity contribution < 1.29 is 0 Å². The maximum absolute atomic E-state index is 9.00. The van der Waals surface area contributed by atoms with E-state index in [1.165, 1.54) is 51.6 Å². The molecule has 2 saturated heterocycles. The van der Waals surface area contributed by atoms with E-state index in [4.69, 9.17) is 5.26 Å². The van der Waals surface area contributed by atoms with Crippen LogP contribution in [0, 0.1) is 17.2 Å². The zero-order valence-corrected chi connectivity index (χ0v) is 11.4. The summed E-state index contributed by atoms with van der Waals surface area (Å²) in [5.41, 5.74) is 0. The zero-order valence-electron chi connectivity index (χ0n) is 11.4. The molecule has 3 rings (SSSR count). The van der Waals surface area contributed by atoms with Gasteiger partial charge in [0.1, 0.15) is 0 Å². The van der Waals surface area contributed by atoms with Crippen molar-refractivity contribution in [3.05, 3.63) is 0 Å². The predicted molar refractivity (Wildman–Crippen MR) is 72.1 cm³/mol. The molecule has 3 heteroatoms. The molecule has 0 radical (unpaired) electrons. The molecule has 100 valence electrons. The first-order valence-electron chi connectivity index (χ1n) is 7.74. The molecule has 3 aliphatic rings. The Morgan fingerprint density at radius 3 is 2.22 bits per heavy atom. The number of likely N-dealkylation sites (tertiary alicyclic amines) is 2. The Morgan fingerprint density at radius 1 is 0.778 bits per heavy atom. The van der Waals surface area contributed by atoms with Crippen molar-refractivity contribution in [2.45, 2.75) is 57.0 Å². The smallest absolute Gasteiger partial charge is 0.0669 e. The third-order valence-electron chi connectivity index (χ3n) is 5.20. The lowest BCUT2D eigenvalue weighted by Crippen LogP contribution is -2.39. The Hall–Kier alpha value is -0.590. The van der Waals surface area contributed by atoms with E-state index >= 15 is 0 Å². The number of hydrogen-bond donors (Lipinski definition) is 0. The summed E-state index contributed by atoms with van der Waals surface area (Å²) < 4.78 is 0. The summed E-state index contributed by atoms with van der Waals surface area (Å²) in [6, 6.07) is 4.05. The summed E-state index contributed by atoms with van der Waals surface area (Å²) >= 11 is 0. The average molecular weight is 247 g/mol. The minimum atomic E-state index is 0.300. The topological polar surface area (TPSA) is 30.3 Å². The molecular weight excluding hydrogens is 222 g/mol. The molecule has 0 amide bonds. The quantitative estimate of drug-likeness (QED) is 0.749. The molecule has 0 spiro atoms. The molecule has 0 aromatic carbocycles. The van der Waals surface area contributed by atoms with E-state index in [1.807, 2.05) is 0 Å². The van der Waals surface area contributed by atoms with Gasteiger partial charge in [0.15, 0.2) is 0 Å². The fourth-order valence-corrected chi connectivity index (χ4v) is 4.07. The van der Waals surface area contributed by atoms with Crippen molar-refractivity contribution in [1.29, 1.82) is 5.26 Å². The summed E-state index contributed by atoms with van der Waals surface area (Å²) in [6.45, 7) is 4.74. The van der Waals surface area contributed by atoms with Crippen LogP contribution in [-0.2, 0) is 0 Å². The van der Waals surface area contributed by atoms with E-state index in [1.54, 1.807) is 0 Å². The Morgan fingerprint density at radius 2 is 1.50 bits per heavy atom. The highest BCUT2D eigenvalue weighted by Gasteiger charge is 2.35. The molecule has 2 heterocycles. The number of nitriles is 1. The highest BCUT2D eigenvalue weighted by atomic mass is 15.3. The van der Waals surface area contributed by atoms with Crippen LogP contribution in [-0.4, -0.2) is 48.1 Å². The highest BCUT2D eigenvalue weighted by Crippen LogP contribution is 2.29. The van der Waals surface area contributed by atoms with Crippen molar-refractivity contribution in [2.75, 3.05) is 26.2 Å². The molecule has 0 aromatic rings. The molecule has 0 aromatic heterocycles. The van der Waals surface area contributed by atoms with Gasteiger partial charge in [-0.25, -0.2) is 0 Å². The lowest BCUT2D eigenvalue weighted by atomic mass is 9.94. The van der Waals surface area contributed by atoms with Gasteiger partial charge >= 0.3 is 0 Å². The van der Waals surface area contributed by atoms with Crippen LogP contribution in [0.25, 0.3) is 0 Å². The highest BCUT2D eigenvalue weighted by molar-refractivity contribution is 4.96. The fraction of sp³-hybridized carbons (Fsp3) is 0.933. The lowest BCUT2D eigenvalue weighted by molar-refractivity contribution is 0.167. The predicted octanol–water partition coefficient (Wildman–Crippen LogP) is 2.24. The minimum absolute atomic E-state index is 0.300. The van der Waals surface area contributed by atoms with E-state index in [2.05, 4.69) is 15.9 Å². The second kappa shape index (κ2) is 5.59. The van der Waals surface area contributed by atoms with E-state index in [0.717, 1.165) is 31.6 Å². The van der Waals surface area contributed by atoms with Gasteiger partial charge in [-0.2, -0.15) is 5.26 Å². The summed E-state index contributed by atoms with van der Waals surface area (Å²) in [7, 11) is 0. The normalized spacial score (nSPS) is 35.9. The Bertz CT molecular complexity index is 316. The molecule has 3 fully saturated rings. The summed E-state index contributed by atoms with van der Waals surface area (Å²) in [5, 5.41) is 9.00. The molecule has 1 saturated carbocycles. The Labute approximate surface area is 111 Å². The van der Waals surface area contributed by atoms with Crippen LogP contribution in [0.1, 0.15) is 44.9 Å². The third kappa shape index (κ3) is 2.55. The van der Waals surface area contributed by atoms with Crippen LogP contribution < -0.4 is 0 Å². The maximum atomic E-state index is 9.00. The zero-order chi connectivity index (χ0) is 12.4. The first-order valence-corrected chi connectivity index (χ1v) is 7.74. The van der Waals surface area contributed by atoms with Gasteiger partial charge in [0.2, 0.25) is 0 Å². The standard InChI is InChI=1S/C15H25N3/c16-10-13-6-8-17(11-13)15-7-9-18(12-15)14-4-2-1-3-5-14/h13-15H,1-9,11-12H2. The van der Waals surface area contributed by atoms with Gasteiger partial charge in [0.05, 0.1) is 12.0 Å². The van der Waals surface area contributed by atoms with Crippen molar-refractivity contribution in [1.82, 2.24) is 9.80 Å². The SMILES string of the molecule is N#CC1CCN(C2CCN(C3CCCCC3)C2)C1. The number of rotatable bonds is 2. The largest absolute Gasteiger partial charge is 0.299 e. The van der Waals surface area contributed by atoms with Gasteiger partial charge in [0.25, 0.3) is 0 Å². The third-order valence-corrected chi connectivity index (χ3v) is 5.20. The van der Waals surface area contributed by atoms with Crippen molar-refractivity contribution in [3.8, 4) is 6.07 Å². The van der Waals surface area contributed by atoms with Crippen LogP contribution >= 0.6 is 0 Å². The molecule has 3 nitrogen and oxygen atoms in total. The summed E-state index contributed by atoms with van der Waals surface area (Å²) in [4.78, 5) is 5.32. The molecule has 0 bridgehead atoms. The molecule has 1 aliphatic carbocycles. The van der Waals surface area contributed by atoms with Crippen LogP contribution in [0.4, 0.5) is 0 Å². The minimum Gasteiger partial charge on any atom is -0.299 e. The molecule has 18 heavy (non-hydrogen) atoms.